The Morgan fingerprint density at radius 2 is 2.12 bits per heavy atom. The molecule has 1 rings (SSSR count). The third-order valence-corrected chi connectivity index (χ3v) is 2.78. The average Bonchev–Trinajstić information content (AvgIpc) is 2.18. The zero-order chi connectivity index (χ0) is 13.2. The molecular weight excluding hydrogens is 377 g/mol. The van der Waals surface area contributed by atoms with Crippen LogP contribution in [0, 0.1) is 3.57 Å². The Kier molecular flexibility index (Phi) is 4.42. The Hall–Kier alpha value is -0.770. The van der Waals surface area contributed by atoms with Gasteiger partial charge in [-0.2, -0.15) is 4.98 Å². The van der Waals surface area contributed by atoms with E-state index in [2.05, 4.69) is 14.5 Å². The van der Waals surface area contributed by atoms with Crippen LogP contribution in [0.4, 0.5) is 13.2 Å². The van der Waals surface area contributed by atoms with E-state index in [4.69, 9.17) is 11.6 Å². The van der Waals surface area contributed by atoms with Gasteiger partial charge in [0.15, 0.2) is 0 Å². The van der Waals surface area contributed by atoms with E-state index in [9.17, 15) is 18.0 Å². The molecule has 0 bridgehead atoms. The molecule has 0 radical (unpaired) electrons. The van der Waals surface area contributed by atoms with Gasteiger partial charge < -0.3 is 9.47 Å². The number of rotatable bonds is 3. The molecule has 17 heavy (non-hydrogen) atoms. The largest absolute Gasteiger partial charge is 0.574 e. The van der Waals surface area contributed by atoms with Crippen molar-refractivity contribution in [3.05, 3.63) is 15.2 Å². The molecule has 0 saturated heterocycles. The van der Waals surface area contributed by atoms with E-state index < -0.39 is 17.5 Å². The van der Waals surface area contributed by atoms with Gasteiger partial charge in [-0.1, -0.05) is 0 Å². The van der Waals surface area contributed by atoms with Gasteiger partial charge in [-0.25, -0.2) is 0 Å². The second-order valence-electron chi connectivity index (χ2n) is 2.65. The average molecular weight is 381 g/mol. The van der Waals surface area contributed by atoms with Crippen molar-refractivity contribution in [1.29, 1.82) is 0 Å². The molecule has 0 fully saturated rings. The normalized spacial score (nSPS) is 11.2. The van der Waals surface area contributed by atoms with Gasteiger partial charge in [-0.05, 0) is 34.2 Å². The summed E-state index contributed by atoms with van der Waals surface area (Å²) in [6.45, 7) is 0. The molecule has 0 aliphatic heterocycles. The van der Waals surface area contributed by atoms with Crippen molar-refractivity contribution < 1.29 is 27.4 Å². The lowest BCUT2D eigenvalue weighted by atomic mass is 10.3. The molecular formula is C8H4ClF3INO3. The van der Waals surface area contributed by atoms with Crippen LogP contribution in [-0.4, -0.2) is 23.7 Å². The Labute approximate surface area is 112 Å². The van der Waals surface area contributed by atoms with Crippen LogP contribution >= 0.6 is 34.2 Å². The van der Waals surface area contributed by atoms with Crippen LogP contribution < -0.4 is 9.47 Å². The smallest absolute Gasteiger partial charge is 0.481 e. The molecule has 1 heterocycles. The fraction of sp³-hybridized carbons (Fsp3) is 0.250. The van der Waals surface area contributed by atoms with Crippen LogP contribution in [0.15, 0.2) is 6.07 Å². The first-order valence-electron chi connectivity index (χ1n) is 3.94. The highest BCUT2D eigenvalue weighted by molar-refractivity contribution is 14.1. The molecule has 0 atom stereocenters. The lowest BCUT2D eigenvalue weighted by molar-refractivity contribution is -0.276. The number of methoxy groups -OCH3 is 1. The molecule has 0 spiro atoms. The van der Waals surface area contributed by atoms with Gasteiger partial charge >= 0.3 is 6.36 Å². The van der Waals surface area contributed by atoms with E-state index in [1.165, 1.54) is 29.7 Å². The van der Waals surface area contributed by atoms with E-state index in [1.54, 1.807) is 0 Å². The Morgan fingerprint density at radius 3 is 2.53 bits per heavy atom. The van der Waals surface area contributed by atoms with Crippen molar-refractivity contribution in [1.82, 2.24) is 4.98 Å². The first-order chi connectivity index (χ1) is 7.74. The Balaban J connectivity index is 3.29. The quantitative estimate of drug-likeness (QED) is 0.597. The van der Waals surface area contributed by atoms with E-state index in [0.717, 1.165) is 6.07 Å². The molecule has 94 valence electrons. The SMILES string of the molecule is COc1cc(C(=O)Cl)c(I)c(OC(F)(F)F)n1. The first-order valence-corrected chi connectivity index (χ1v) is 5.40. The van der Waals surface area contributed by atoms with Crippen molar-refractivity contribution in [2.75, 3.05) is 7.11 Å². The topological polar surface area (TPSA) is 48.4 Å². The zero-order valence-electron chi connectivity index (χ0n) is 8.14. The van der Waals surface area contributed by atoms with Gasteiger partial charge in [0.1, 0.15) is 0 Å². The third-order valence-electron chi connectivity index (χ3n) is 1.54. The van der Waals surface area contributed by atoms with Crippen molar-refractivity contribution >= 4 is 39.4 Å². The van der Waals surface area contributed by atoms with Crippen molar-refractivity contribution in [2.45, 2.75) is 6.36 Å². The molecule has 0 aliphatic rings. The van der Waals surface area contributed by atoms with Gasteiger partial charge in [0.05, 0.1) is 16.2 Å². The highest BCUT2D eigenvalue weighted by Crippen LogP contribution is 2.31. The standard InChI is InChI=1S/C8H4ClF3INO3/c1-16-4-2-3(6(9)15)5(13)7(14-4)17-8(10,11)12/h2H,1H3. The fourth-order valence-electron chi connectivity index (χ4n) is 0.908. The maximum Gasteiger partial charge on any atom is 0.574 e. The number of hydrogen-bond donors (Lipinski definition) is 0. The predicted octanol–water partition coefficient (Wildman–Crippen LogP) is 2.97. The Morgan fingerprint density at radius 1 is 1.53 bits per heavy atom. The summed E-state index contributed by atoms with van der Waals surface area (Å²) < 4.78 is 44.4. The molecule has 4 nitrogen and oxygen atoms in total. The van der Waals surface area contributed by atoms with Gasteiger partial charge in [0, 0.05) is 6.07 Å². The van der Waals surface area contributed by atoms with E-state index in [0.29, 0.717) is 0 Å². The van der Waals surface area contributed by atoms with Crippen molar-refractivity contribution in [2.24, 2.45) is 0 Å². The number of aromatic nitrogens is 1. The number of ether oxygens (including phenoxy) is 2. The van der Waals surface area contributed by atoms with Crippen LogP contribution in [0.1, 0.15) is 10.4 Å². The summed E-state index contributed by atoms with van der Waals surface area (Å²) in [5.41, 5.74) is -0.168. The first kappa shape index (κ1) is 14.3. The summed E-state index contributed by atoms with van der Waals surface area (Å²) in [5.74, 6) is -0.977. The number of carbonyl (C=O) groups excluding carboxylic acids is 1. The maximum atomic E-state index is 12.1. The van der Waals surface area contributed by atoms with Crippen LogP contribution in [0.5, 0.6) is 11.8 Å². The molecule has 0 aromatic carbocycles. The van der Waals surface area contributed by atoms with E-state index >= 15 is 0 Å². The summed E-state index contributed by atoms with van der Waals surface area (Å²) in [6, 6.07) is 1.13. The number of hydrogen-bond acceptors (Lipinski definition) is 4. The fourth-order valence-corrected chi connectivity index (χ4v) is 1.85. The summed E-state index contributed by atoms with van der Waals surface area (Å²) in [4.78, 5) is 14.4. The molecule has 1 aromatic heterocycles. The van der Waals surface area contributed by atoms with Crippen molar-refractivity contribution in [3.8, 4) is 11.8 Å². The monoisotopic (exact) mass is 381 g/mol. The second-order valence-corrected chi connectivity index (χ2v) is 4.07. The lowest BCUT2D eigenvalue weighted by Gasteiger charge is -2.12. The molecule has 0 aliphatic carbocycles. The lowest BCUT2D eigenvalue weighted by Crippen LogP contribution is -2.19. The van der Waals surface area contributed by atoms with E-state index in [1.807, 2.05) is 0 Å². The minimum Gasteiger partial charge on any atom is -0.481 e. The third kappa shape index (κ3) is 3.87. The number of halogens is 5. The number of nitrogens with zero attached hydrogens (tertiary/aromatic N) is 1. The van der Waals surface area contributed by atoms with Gasteiger partial charge in [0.2, 0.25) is 11.8 Å². The minimum atomic E-state index is -4.91. The highest BCUT2D eigenvalue weighted by Gasteiger charge is 2.34. The predicted molar refractivity (Wildman–Crippen MR) is 60.4 cm³/mol. The molecule has 0 unspecified atom stereocenters. The molecule has 1 aromatic rings. The van der Waals surface area contributed by atoms with E-state index in [-0.39, 0.29) is 15.0 Å². The van der Waals surface area contributed by atoms with Crippen LogP contribution in [-0.2, 0) is 0 Å². The summed E-state index contributed by atoms with van der Waals surface area (Å²) in [6.07, 6.45) is -4.91. The maximum absolute atomic E-state index is 12.1. The summed E-state index contributed by atoms with van der Waals surface area (Å²) in [5, 5.41) is -0.929. The van der Waals surface area contributed by atoms with Gasteiger partial charge in [0.25, 0.3) is 5.24 Å². The van der Waals surface area contributed by atoms with Crippen molar-refractivity contribution in [3.63, 3.8) is 0 Å². The van der Waals surface area contributed by atoms with Crippen LogP contribution in [0.2, 0.25) is 0 Å². The number of alkyl halides is 3. The second kappa shape index (κ2) is 5.25. The van der Waals surface area contributed by atoms with Crippen LogP contribution in [0.3, 0.4) is 0 Å². The summed E-state index contributed by atoms with van der Waals surface area (Å²) in [7, 11) is 1.19. The van der Waals surface area contributed by atoms with Gasteiger partial charge in [-0.3, -0.25) is 4.79 Å². The zero-order valence-corrected chi connectivity index (χ0v) is 11.1. The Bertz CT molecular complexity index is 452. The number of pyridine rings is 1. The summed E-state index contributed by atoms with van der Waals surface area (Å²) >= 11 is 6.70. The highest BCUT2D eigenvalue weighted by atomic mass is 127. The molecule has 9 heteroatoms. The van der Waals surface area contributed by atoms with Crippen LogP contribution in [0.25, 0.3) is 0 Å². The molecule has 0 amide bonds. The number of carbonyl (C=O) groups is 1. The van der Waals surface area contributed by atoms with Gasteiger partial charge in [-0.15, -0.1) is 13.2 Å². The molecule has 0 saturated carbocycles. The minimum absolute atomic E-state index is 0.138. The molecule has 0 N–H and O–H groups in total.